The third kappa shape index (κ3) is 6.59. The van der Waals surface area contributed by atoms with Gasteiger partial charge in [0.05, 0.1) is 23.6 Å². The topological polar surface area (TPSA) is 206 Å². The Hall–Kier alpha value is -4.95. The van der Waals surface area contributed by atoms with Crippen molar-refractivity contribution in [1.29, 1.82) is 0 Å². The number of carbonyl (C=O) groups is 2. The van der Waals surface area contributed by atoms with Gasteiger partial charge in [-0.3, -0.25) is 19.8 Å². The number of primary amides is 1. The largest absolute Gasteiger partial charge is 0.433 e. The lowest BCUT2D eigenvalue weighted by molar-refractivity contribution is -0.159. The number of rotatable bonds is 8. The Kier molecular flexibility index (Phi) is 8.95. The number of nitrogens with one attached hydrogen (secondary N) is 2. The Labute approximate surface area is 306 Å². The molecule has 18 heteroatoms. The molecule has 0 saturated carbocycles. The third-order valence-electron chi connectivity index (χ3n) is 10.6. The molecule has 6 heterocycles. The van der Waals surface area contributed by atoms with Crippen LogP contribution < -0.4 is 21.3 Å². The van der Waals surface area contributed by atoms with Gasteiger partial charge in [-0.15, -0.1) is 0 Å². The number of nitrogens with two attached hydrogens (primary N) is 1. The number of amides is 2. The standard InChI is InChI=1S/C36H38F3N9O6/c37-36(38,39)27-3-1-2-24(41-27)31(51)42-25-14-47(44-29(25)30(40)50)20-6-4-19(5-7-20)13-45-15-35(16-45)17-46(18-35)21-8-9-22-23(12-21)34(54)48(33(22)53)26-10-11-28(49)43-32(26)52/h1-9,12,14,26,28,32-34,43,49,52-54H,10-11,13,15-18H2,(H2,40,50)(H,42,51). The van der Waals surface area contributed by atoms with Gasteiger partial charge in [-0.25, -0.2) is 14.6 Å². The number of carbonyl (C=O) groups excluding carboxylic acids is 2. The number of aliphatic hydroxyl groups excluding tert-OH is 4. The molecule has 4 aliphatic heterocycles. The van der Waals surface area contributed by atoms with Gasteiger partial charge >= 0.3 is 6.18 Å². The molecule has 3 saturated heterocycles. The molecule has 0 radical (unpaired) electrons. The van der Waals surface area contributed by atoms with Gasteiger partial charge < -0.3 is 36.4 Å². The number of benzene rings is 2. The van der Waals surface area contributed by atoms with Crippen molar-refractivity contribution in [3.05, 3.63) is 101 Å². The molecule has 284 valence electrons. The van der Waals surface area contributed by atoms with Crippen molar-refractivity contribution in [3.8, 4) is 5.69 Å². The van der Waals surface area contributed by atoms with Crippen molar-refractivity contribution < 1.29 is 43.2 Å². The van der Waals surface area contributed by atoms with Crippen molar-refractivity contribution in [3.63, 3.8) is 0 Å². The molecule has 15 nitrogen and oxygen atoms in total. The highest BCUT2D eigenvalue weighted by molar-refractivity contribution is 6.07. The van der Waals surface area contributed by atoms with Crippen LogP contribution in [-0.2, 0) is 12.7 Å². The van der Waals surface area contributed by atoms with E-state index < -0.39 is 60.3 Å². The number of aliphatic hydroxyl groups is 4. The van der Waals surface area contributed by atoms with E-state index in [-0.39, 0.29) is 16.8 Å². The van der Waals surface area contributed by atoms with Crippen molar-refractivity contribution in [2.24, 2.45) is 11.1 Å². The average molecular weight is 750 g/mol. The second-order valence-corrected chi connectivity index (χ2v) is 14.5. The lowest BCUT2D eigenvalue weighted by Crippen LogP contribution is -2.71. The van der Waals surface area contributed by atoms with Gasteiger partial charge in [-0.2, -0.15) is 18.3 Å². The maximum absolute atomic E-state index is 13.1. The van der Waals surface area contributed by atoms with Crippen molar-refractivity contribution in [2.75, 3.05) is 36.4 Å². The van der Waals surface area contributed by atoms with Crippen molar-refractivity contribution in [2.45, 2.75) is 56.5 Å². The van der Waals surface area contributed by atoms with E-state index in [1.807, 2.05) is 30.3 Å². The van der Waals surface area contributed by atoms with Crippen LogP contribution in [0.25, 0.3) is 5.69 Å². The van der Waals surface area contributed by atoms with Gasteiger partial charge in [0.1, 0.15) is 36.3 Å². The van der Waals surface area contributed by atoms with E-state index in [9.17, 15) is 43.2 Å². The lowest BCUT2D eigenvalue weighted by atomic mass is 9.72. The molecule has 2 aromatic carbocycles. The minimum Gasteiger partial charge on any atom is -0.379 e. The number of nitrogens with zero attached hydrogens (tertiary/aromatic N) is 6. The fourth-order valence-corrected chi connectivity index (χ4v) is 8.08. The van der Waals surface area contributed by atoms with Crippen LogP contribution >= 0.6 is 0 Å². The molecule has 8 N–H and O–H groups in total. The molecule has 54 heavy (non-hydrogen) atoms. The first kappa shape index (κ1) is 36.0. The highest BCUT2D eigenvalue weighted by atomic mass is 19.4. The SMILES string of the molecule is NC(=O)c1nn(-c2ccc(CN3CC4(C3)CN(c3ccc5c(c3)C(O)N(C3CCC(O)NC3O)C5O)C4)cc2)cc1NC(=O)c1cccc(C(F)(F)F)n1. The first-order valence-corrected chi connectivity index (χ1v) is 17.4. The molecular weight excluding hydrogens is 711 g/mol. The van der Waals surface area contributed by atoms with Crippen LogP contribution in [0.2, 0.25) is 0 Å². The van der Waals surface area contributed by atoms with E-state index >= 15 is 0 Å². The smallest absolute Gasteiger partial charge is 0.379 e. The summed E-state index contributed by atoms with van der Waals surface area (Å²) in [5, 5.41) is 51.7. The Morgan fingerprint density at radius 1 is 0.926 bits per heavy atom. The molecule has 1 spiro atoms. The number of hydrogen-bond donors (Lipinski definition) is 7. The van der Waals surface area contributed by atoms with Crippen LogP contribution in [-0.4, -0.2) is 101 Å². The summed E-state index contributed by atoms with van der Waals surface area (Å²) in [7, 11) is 0. The normalized spacial score (nSPS) is 25.2. The molecular formula is C36H38F3N9O6. The molecule has 5 unspecified atom stereocenters. The monoisotopic (exact) mass is 749 g/mol. The van der Waals surface area contributed by atoms with E-state index in [0.717, 1.165) is 55.6 Å². The molecule has 2 amide bonds. The molecule has 0 bridgehead atoms. The van der Waals surface area contributed by atoms with Gasteiger partial charge in [-0.05, 0) is 54.8 Å². The number of likely N-dealkylation sites (tertiary alicyclic amines) is 1. The molecule has 4 aromatic rings. The van der Waals surface area contributed by atoms with Crippen molar-refractivity contribution in [1.82, 2.24) is 29.9 Å². The molecule has 5 atom stereocenters. The molecule has 2 aromatic heterocycles. The Morgan fingerprint density at radius 2 is 1.63 bits per heavy atom. The fourth-order valence-electron chi connectivity index (χ4n) is 8.08. The van der Waals surface area contributed by atoms with Crippen LogP contribution in [0.4, 0.5) is 24.5 Å². The van der Waals surface area contributed by atoms with Gasteiger partial charge in [0.2, 0.25) is 0 Å². The number of aromatic nitrogens is 3. The van der Waals surface area contributed by atoms with Crippen LogP contribution in [0.1, 0.15) is 68.7 Å². The summed E-state index contributed by atoms with van der Waals surface area (Å²) in [6.45, 7) is 4.19. The van der Waals surface area contributed by atoms with Crippen LogP contribution in [0, 0.1) is 5.41 Å². The number of anilines is 2. The summed E-state index contributed by atoms with van der Waals surface area (Å²) in [6.07, 6.45) is -6.66. The van der Waals surface area contributed by atoms with Crippen LogP contribution in [0.15, 0.2) is 66.9 Å². The van der Waals surface area contributed by atoms with Gasteiger partial charge in [0.15, 0.2) is 5.69 Å². The Bertz CT molecular complexity index is 2080. The highest BCUT2D eigenvalue weighted by Crippen LogP contribution is 2.47. The fraction of sp³-hybridized carbons (Fsp3) is 0.389. The quantitative estimate of drug-likeness (QED) is 0.137. The minimum absolute atomic E-state index is 0.0785. The lowest BCUT2D eigenvalue weighted by Gasteiger charge is -2.61. The molecule has 8 rings (SSSR count). The van der Waals surface area contributed by atoms with E-state index in [2.05, 4.69) is 30.5 Å². The zero-order valence-corrected chi connectivity index (χ0v) is 28.7. The number of fused-ring (bicyclic) bond motifs is 1. The maximum Gasteiger partial charge on any atom is 0.433 e. The summed E-state index contributed by atoms with van der Waals surface area (Å²) in [5.41, 5.74) is 7.31. The van der Waals surface area contributed by atoms with Crippen LogP contribution in [0.5, 0.6) is 0 Å². The summed E-state index contributed by atoms with van der Waals surface area (Å²) in [6, 6.07) is 15.5. The van der Waals surface area contributed by atoms with E-state index in [4.69, 9.17) is 5.73 Å². The molecule has 0 aliphatic carbocycles. The van der Waals surface area contributed by atoms with E-state index in [1.54, 1.807) is 12.1 Å². The van der Waals surface area contributed by atoms with Crippen LogP contribution in [0.3, 0.4) is 0 Å². The summed E-state index contributed by atoms with van der Waals surface area (Å²) in [4.78, 5) is 34.3. The van der Waals surface area contributed by atoms with Gasteiger partial charge in [0.25, 0.3) is 11.8 Å². The number of alkyl halides is 3. The third-order valence-corrected chi connectivity index (χ3v) is 10.6. The molecule has 4 aliphatic rings. The average Bonchev–Trinajstić information content (AvgIpc) is 3.63. The van der Waals surface area contributed by atoms with Gasteiger partial charge in [0, 0.05) is 55.0 Å². The second-order valence-electron chi connectivity index (χ2n) is 14.5. The predicted octanol–water partition coefficient (Wildman–Crippen LogP) is 1.65. The summed E-state index contributed by atoms with van der Waals surface area (Å²) in [5.74, 6) is -1.90. The number of hydrogen-bond acceptors (Lipinski definition) is 12. The zero-order chi connectivity index (χ0) is 38.1. The van der Waals surface area contributed by atoms with Crippen molar-refractivity contribution >= 4 is 23.2 Å². The number of piperidine rings is 1. The minimum atomic E-state index is -4.74. The second kappa shape index (κ2) is 13.4. The summed E-state index contributed by atoms with van der Waals surface area (Å²) < 4.78 is 40.6. The number of halogens is 3. The Balaban J connectivity index is 0.858. The predicted molar refractivity (Wildman–Crippen MR) is 186 cm³/mol. The zero-order valence-electron chi connectivity index (χ0n) is 28.7. The first-order chi connectivity index (χ1) is 25.7. The highest BCUT2D eigenvalue weighted by Gasteiger charge is 2.52. The maximum atomic E-state index is 13.1. The molecule has 3 fully saturated rings. The van der Waals surface area contributed by atoms with Gasteiger partial charge in [-0.1, -0.05) is 24.3 Å². The Morgan fingerprint density at radius 3 is 2.31 bits per heavy atom. The van der Waals surface area contributed by atoms with E-state index in [1.165, 1.54) is 15.8 Å². The number of pyridine rings is 1. The summed E-state index contributed by atoms with van der Waals surface area (Å²) >= 11 is 0. The first-order valence-electron chi connectivity index (χ1n) is 17.4. The van der Waals surface area contributed by atoms with E-state index in [0.29, 0.717) is 36.2 Å².